The van der Waals surface area contributed by atoms with Gasteiger partial charge in [-0.05, 0) is 76.5 Å². The van der Waals surface area contributed by atoms with E-state index in [0.717, 1.165) is 24.1 Å². The van der Waals surface area contributed by atoms with Crippen LogP contribution < -0.4 is 11.1 Å². The molecule has 23 heavy (non-hydrogen) atoms. The SMILES string of the molecule is NC(=NCc1ccc(O)c(Br)c1)Nc1cccc2c1CCCC2. The number of hydrogen-bond acceptors (Lipinski definition) is 2. The Morgan fingerprint density at radius 2 is 2.04 bits per heavy atom. The smallest absolute Gasteiger partial charge is 0.193 e. The van der Waals surface area contributed by atoms with Gasteiger partial charge in [0, 0.05) is 5.69 Å². The van der Waals surface area contributed by atoms with Crippen molar-refractivity contribution in [3.8, 4) is 5.75 Å². The molecule has 0 saturated carbocycles. The van der Waals surface area contributed by atoms with Gasteiger partial charge < -0.3 is 16.2 Å². The summed E-state index contributed by atoms with van der Waals surface area (Å²) in [5.74, 6) is 0.632. The number of nitrogens with zero attached hydrogens (tertiary/aromatic N) is 1. The van der Waals surface area contributed by atoms with Crippen molar-refractivity contribution in [1.29, 1.82) is 0 Å². The van der Waals surface area contributed by atoms with Crippen molar-refractivity contribution in [3.05, 3.63) is 57.6 Å². The second kappa shape index (κ2) is 7.04. The summed E-state index contributed by atoms with van der Waals surface area (Å²) < 4.78 is 0.661. The van der Waals surface area contributed by atoms with Crippen molar-refractivity contribution in [2.75, 3.05) is 5.32 Å². The van der Waals surface area contributed by atoms with Gasteiger partial charge in [0.2, 0.25) is 0 Å². The molecule has 0 saturated heterocycles. The van der Waals surface area contributed by atoms with Gasteiger partial charge in [-0.25, -0.2) is 4.99 Å². The van der Waals surface area contributed by atoms with E-state index in [-0.39, 0.29) is 5.75 Å². The molecule has 4 nitrogen and oxygen atoms in total. The number of aromatic hydroxyl groups is 1. The van der Waals surface area contributed by atoms with Crippen molar-refractivity contribution in [2.45, 2.75) is 32.2 Å². The van der Waals surface area contributed by atoms with Crippen molar-refractivity contribution >= 4 is 27.6 Å². The molecule has 0 fully saturated rings. The topological polar surface area (TPSA) is 70.6 Å². The van der Waals surface area contributed by atoms with Crippen LogP contribution in [0.25, 0.3) is 0 Å². The number of benzene rings is 2. The molecule has 120 valence electrons. The lowest BCUT2D eigenvalue weighted by Crippen LogP contribution is -2.24. The van der Waals surface area contributed by atoms with Crippen molar-refractivity contribution in [1.82, 2.24) is 0 Å². The normalized spacial score (nSPS) is 14.4. The van der Waals surface area contributed by atoms with Gasteiger partial charge in [0.15, 0.2) is 5.96 Å². The summed E-state index contributed by atoms with van der Waals surface area (Å²) in [6.07, 6.45) is 4.72. The van der Waals surface area contributed by atoms with Gasteiger partial charge in [-0.2, -0.15) is 0 Å². The number of rotatable bonds is 3. The molecule has 2 aromatic carbocycles. The molecule has 0 aliphatic heterocycles. The summed E-state index contributed by atoms with van der Waals surface area (Å²) in [7, 11) is 0. The average molecular weight is 374 g/mol. The summed E-state index contributed by atoms with van der Waals surface area (Å²) in [4.78, 5) is 4.39. The first-order valence-electron chi connectivity index (χ1n) is 7.78. The molecule has 2 aromatic rings. The van der Waals surface area contributed by atoms with Gasteiger partial charge >= 0.3 is 0 Å². The Morgan fingerprint density at radius 1 is 1.22 bits per heavy atom. The molecule has 0 heterocycles. The Morgan fingerprint density at radius 3 is 2.87 bits per heavy atom. The summed E-state index contributed by atoms with van der Waals surface area (Å²) in [5, 5.41) is 12.7. The number of halogens is 1. The Labute approximate surface area is 144 Å². The molecule has 4 N–H and O–H groups in total. The first kappa shape index (κ1) is 15.9. The molecule has 3 rings (SSSR count). The minimum Gasteiger partial charge on any atom is -0.507 e. The molecule has 0 spiro atoms. The fourth-order valence-electron chi connectivity index (χ4n) is 2.90. The third-order valence-electron chi connectivity index (χ3n) is 4.10. The van der Waals surface area contributed by atoms with Crippen LogP contribution in [0.5, 0.6) is 5.75 Å². The molecule has 1 aliphatic carbocycles. The molecule has 1 aliphatic rings. The second-order valence-electron chi connectivity index (χ2n) is 5.76. The highest BCUT2D eigenvalue weighted by Crippen LogP contribution is 2.28. The van der Waals surface area contributed by atoms with Crippen LogP contribution in [0.2, 0.25) is 0 Å². The number of nitrogens with two attached hydrogens (primary N) is 1. The van der Waals surface area contributed by atoms with Gasteiger partial charge in [0.05, 0.1) is 11.0 Å². The van der Waals surface area contributed by atoms with Crippen LogP contribution in [0.3, 0.4) is 0 Å². The van der Waals surface area contributed by atoms with E-state index in [9.17, 15) is 5.11 Å². The van der Waals surface area contributed by atoms with E-state index in [2.05, 4.69) is 44.4 Å². The van der Waals surface area contributed by atoms with E-state index >= 15 is 0 Å². The van der Waals surface area contributed by atoms with Crippen LogP contribution in [0.15, 0.2) is 45.9 Å². The van der Waals surface area contributed by atoms with Crippen LogP contribution in [-0.4, -0.2) is 11.1 Å². The average Bonchev–Trinajstić information content (AvgIpc) is 2.56. The molecule has 0 radical (unpaired) electrons. The maximum Gasteiger partial charge on any atom is 0.193 e. The fourth-order valence-corrected chi connectivity index (χ4v) is 3.33. The number of guanidine groups is 1. The third-order valence-corrected chi connectivity index (χ3v) is 4.74. The van der Waals surface area contributed by atoms with Crippen LogP contribution in [0.1, 0.15) is 29.5 Å². The maximum atomic E-state index is 9.51. The van der Waals surface area contributed by atoms with E-state index in [4.69, 9.17) is 5.73 Å². The quantitative estimate of drug-likeness (QED) is 0.563. The molecule has 0 aromatic heterocycles. The second-order valence-corrected chi connectivity index (χ2v) is 6.62. The number of phenols is 1. The third kappa shape index (κ3) is 3.85. The molecule has 5 heteroatoms. The predicted octanol–water partition coefficient (Wildman–Crippen LogP) is 3.96. The van der Waals surface area contributed by atoms with Crippen molar-refractivity contribution in [2.24, 2.45) is 10.7 Å². The van der Waals surface area contributed by atoms with Crippen LogP contribution in [0.4, 0.5) is 5.69 Å². The Hall–Kier alpha value is -2.01. The Balaban J connectivity index is 1.71. The van der Waals surface area contributed by atoms with Crippen LogP contribution >= 0.6 is 15.9 Å². The first-order valence-corrected chi connectivity index (χ1v) is 8.58. The van der Waals surface area contributed by atoms with Crippen molar-refractivity contribution < 1.29 is 5.11 Å². The Bertz CT molecular complexity index is 743. The van der Waals surface area contributed by atoms with Gasteiger partial charge in [-0.1, -0.05) is 18.2 Å². The van der Waals surface area contributed by atoms with Crippen molar-refractivity contribution in [3.63, 3.8) is 0 Å². The highest BCUT2D eigenvalue weighted by atomic mass is 79.9. The minimum absolute atomic E-state index is 0.222. The zero-order valence-electron chi connectivity index (χ0n) is 12.8. The summed E-state index contributed by atoms with van der Waals surface area (Å²) in [6, 6.07) is 11.6. The lowest BCUT2D eigenvalue weighted by atomic mass is 9.90. The highest BCUT2D eigenvalue weighted by Gasteiger charge is 2.13. The summed E-state index contributed by atoms with van der Waals surface area (Å²) in [5.41, 5.74) is 10.9. The standard InChI is InChI=1S/C18H20BrN3O/c19-15-10-12(8-9-17(15)23)11-21-18(20)22-16-7-3-5-13-4-1-2-6-14(13)16/h3,5,7-10,23H,1-2,4,6,11H2,(H3,20,21,22). The van der Waals surface area contributed by atoms with E-state index in [1.165, 1.54) is 24.0 Å². The van der Waals surface area contributed by atoms with E-state index in [1.807, 2.05) is 12.1 Å². The lowest BCUT2D eigenvalue weighted by molar-refractivity contribution is 0.471. The number of hydrogen-bond donors (Lipinski definition) is 3. The molecule has 0 atom stereocenters. The largest absolute Gasteiger partial charge is 0.507 e. The number of fused-ring (bicyclic) bond motifs is 1. The van der Waals surface area contributed by atoms with Crippen LogP contribution in [-0.2, 0) is 19.4 Å². The van der Waals surface area contributed by atoms with Gasteiger partial charge in [0.25, 0.3) is 0 Å². The molecular formula is C18H20BrN3O. The molecular weight excluding hydrogens is 354 g/mol. The zero-order valence-corrected chi connectivity index (χ0v) is 14.4. The Kier molecular flexibility index (Phi) is 4.86. The summed E-state index contributed by atoms with van der Waals surface area (Å²) >= 11 is 3.30. The number of phenolic OH excluding ortho intramolecular Hbond substituents is 1. The zero-order chi connectivity index (χ0) is 16.2. The number of anilines is 1. The first-order chi connectivity index (χ1) is 11.1. The minimum atomic E-state index is 0.222. The van der Waals surface area contributed by atoms with Gasteiger partial charge in [0.1, 0.15) is 5.75 Å². The molecule has 0 amide bonds. The van der Waals surface area contributed by atoms with E-state index < -0.39 is 0 Å². The van der Waals surface area contributed by atoms with Crippen LogP contribution in [0, 0.1) is 0 Å². The predicted molar refractivity (Wildman–Crippen MR) is 97.8 cm³/mol. The number of nitrogens with one attached hydrogen (secondary N) is 1. The van der Waals surface area contributed by atoms with Gasteiger partial charge in [-0.3, -0.25) is 0 Å². The fraction of sp³-hybridized carbons (Fsp3) is 0.278. The van der Waals surface area contributed by atoms with E-state index in [1.54, 1.807) is 6.07 Å². The monoisotopic (exact) mass is 373 g/mol. The number of aliphatic imine (C=N–C) groups is 1. The molecule has 0 unspecified atom stereocenters. The highest BCUT2D eigenvalue weighted by molar-refractivity contribution is 9.10. The maximum absolute atomic E-state index is 9.51. The number of aryl methyl sites for hydroxylation is 1. The van der Waals surface area contributed by atoms with Gasteiger partial charge in [-0.15, -0.1) is 0 Å². The summed E-state index contributed by atoms with van der Waals surface area (Å²) in [6.45, 7) is 0.465. The van der Waals surface area contributed by atoms with E-state index in [0.29, 0.717) is 17.0 Å². The lowest BCUT2D eigenvalue weighted by Gasteiger charge is -2.19. The molecule has 0 bridgehead atoms.